The van der Waals surface area contributed by atoms with Crippen molar-refractivity contribution in [3.8, 4) is 0 Å². The number of nitrogens with two attached hydrogens (primary N) is 1. The van der Waals surface area contributed by atoms with Crippen molar-refractivity contribution in [1.82, 2.24) is 0 Å². The number of carbonyl (C=O) groups excluding carboxylic acids is 2. The van der Waals surface area contributed by atoms with Crippen molar-refractivity contribution in [2.24, 2.45) is 5.73 Å². The van der Waals surface area contributed by atoms with Crippen LogP contribution in [0, 0.1) is 0 Å². The predicted molar refractivity (Wildman–Crippen MR) is 238 cm³/mol. The van der Waals surface area contributed by atoms with Gasteiger partial charge in [0.05, 0.1) is 13.2 Å². The summed E-state index contributed by atoms with van der Waals surface area (Å²) in [6.45, 7) is 3.59. The Morgan fingerprint density at radius 2 is 0.965 bits per heavy atom. The van der Waals surface area contributed by atoms with Gasteiger partial charge in [0, 0.05) is 19.4 Å². The van der Waals surface area contributed by atoms with E-state index in [1.54, 1.807) is 0 Å². The minimum atomic E-state index is -4.39. The molecule has 0 saturated heterocycles. The van der Waals surface area contributed by atoms with Crippen LogP contribution in [0.2, 0.25) is 0 Å². The van der Waals surface area contributed by atoms with Crippen molar-refractivity contribution in [3.63, 3.8) is 0 Å². The highest BCUT2D eigenvalue weighted by atomic mass is 31.2. The Bertz CT molecular complexity index is 1120. The van der Waals surface area contributed by atoms with E-state index < -0.39 is 32.5 Å². The number of hydrogen-bond donors (Lipinski definition) is 2. The Hall–Kier alpha value is -2.29. The lowest BCUT2D eigenvalue weighted by atomic mass is 10.1. The number of esters is 2. The van der Waals surface area contributed by atoms with Crippen LogP contribution >= 0.6 is 7.82 Å². The van der Waals surface area contributed by atoms with Crippen molar-refractivity contribution in [2.45, 2.75) is 200 Å². The molecule has 57 heavy (non-hydrogen) atoms. The first-order valence-electron chi connectivity index (χ1n) is 22.8. The molecule has 0 aromatic rings. The van der Waals surface area contributed by atoms with Gasteiger partial charge in [0.1, 0.15) is 6.61 Å². The number of unbranched alkanes of at least 4 members (excludes halogenated alkanes) is 19. The monoisotopic (exact) mass is 822 g/mol. The topological polar surface area (TPSA) is 134 Å². The fraction of sp³-hybridized carbons (Fsp3) is 0.745. The van der Waals surface area contributed by atoms with Crippen molar-refractivity contribution in [1.29, 1.82) is 0 Å². The molecular weight excluding hydrogens is 737 g/mol. The highest BCUT2D eigenvalue weighted by Crippen LogP contribution is 2.43. The van der Waals surface area contributed by atoms with Crippen LogP contribution in [0.5, 0.6) is 0 Å². The minimum Gasteiger partial charge on any atom is -0.462 e. The summed E-state index contributed by atoms with van der Waals surface area (Å²) in [6.07, 6.45) is 51.1. The second-order valence-corrected chi connectivity index (χ2v) is 16.3. The number of allylic oxidation sites excluding steroid dienone is 10. The Morgan fingerprint density at radius 3 is 1.46 bits per heavy atom. The van der Waals surface area contributed by atoms with Crippen molar-refractivity contribution in [2.75, 3.05) is 26.4 Å². The van der Waals surface area contributed by atoms with Gasteiger partial charge in [-0.2, -0.15) is 0 Å². The summed E-state index contributed by atoms with van der Waals surface area (Å²) in [5.74, 6) is -0.859. The predicted octanol–water partition coefficient (Wildman–Crippen LogP) is 13.3. The fourth-order valence-corrected chi connectivity index (χ4v) is 6.80. The third-order valence-corrected chi connectivity index (χ3v) is 10.4. The Kier molecular flexibility index (Phi) is 41.6. The number of ether oxygens (including phenoxy) is 2. The van der Waals surface area contributed by atoms with Crippen LogP contribution in [0.15, 0.2) is 60.8 Å². The van der Waals surface area contributed by atoms with Gasteiger partial charge in [0.25, 0.3) is 0 Å². The molecule has 0 radical (unpaired) electrons. The van der Waals surface area contributed by atoms with Gasteiger partial charge in [-0.1, -0.05) is 164 Å². The molecule has 0 aliphatic heterocycles. The van der Waals surface area contributed by atoms with E-state index in [0.29, 0.717) is 6.42 Å². The number of rotatable bonds is 42. The van der Waals surface area contributed by atoms with E-state index in [1.165, 1.54) is 89.9 Å². The molecule has 9 nitrogen and oxygen atoms in total. The van der Waals surface area contributed by atoms with Gasteiger partial charge in [-0.05, 0) is 77.0 Å². The Balaban J connectivity index is 4.16. The maximum atomic E-state index is 12.6. The maximum absolute atomic E-state index is 12.6. The molecule has 0 aliphatic carbocycles. The summed E-state index contributed by atoms with van der Waals surface area (Å²) in [7, 11) is -4.39. The SMILES string of the molecule is CCC=CCC=CCC=CCC=CCCCCCCC(=O)O[C@H](COC(=O)CCCCCCCCCCCC=CCCCCCCCC)COP(=O)(O)OCCN. The van der Waals surface area contributed by atoms with E-state index in [0.717, 1.165) is 70.6 Å². The van der Waals surface area contributed by atoms with Gasteiger partial charge in [0.2, 0.25) is 0 Å². The Labute approximate surface area is 349 Å². The average Bonchev–Trinajstić information content (AvgIpc) is 3.20. The van der Waals surface area contributed by atoms with Crippen molar-refractivity contribution in [3.05, 3.63) is 60.8 Å². The minimum absolute atomic E-state index is 0.0465. The molecule has 330 valence electrons. The van der Waals surface area contributed by atoms with E-state index in [-0.39, 0.29) is 32.6 Å². The van der Waals surface area contributed by atoms with E-state index in [1.807, 2.05) is 0 Å². The molecule has 0 rings (SSSR count). The molecule has 0 saturated carbocycles. The second kappa shape index (κ2) is 43.3. The van der Waals surface area contributed by atoms with E-state index in [9.17, 15) is 19.0 Å². The first-order chi connectivity index (χ1) is 27.8. The first kappa shape index (κ1) is 54.7. The van der Waals surface area contributed by atoms with Crippen LogP contribution < -0.4 is 5.73 Å². The lowest BCUT2D eigenvalue weighted by molar-refractivity contribution is -0.161. The average molecular weight is 822 g/mol. The molecular formula is C47H84NO8P. The van der Waals surface area contributed by atoms with Crippen LogP contribution in [-0.2, 0) is 32.7 Å². The summed E-state index contributed by atoms with van der Waals surface area (Å²) in [4.78, 5) is 34.9. The van der Waals surface area contributed by atoms with Gasteiger partial charge in [0.15, 0.2) is 6.10 Å². The van der Waals surface area contributed by atoms with Crippen molar-refractivity contribution < 1.29 is 37.6 Å². The van der Waals surface area contributed by atoms with Crippen LogP contribution in [0.4, 0.5) is 0 Å². The maximum Gasteiger partial charge on any atom is 0.472 e. The summed E-state index contributed by atoms with van der Waals surface area (Å²) in [5, 5.41) is 0. The number of phosphoric acid groups is 1. The molecule has 0 bridgehead atoms. The van der Waals surface area contributed by atoms with Crippen LogP contribution in [0.1, 0.15) is 194 Å². The molecule has 0 aromatic heterocycles. The third-order valence-electron chi connectivity index (χ3n) is 9.39. The lowest BCUT2D eigenvalue weighted by Crippen LogP contribution is -2.29. The molecule has 3 N–H and O–H groups in total. The lowest BCUT2D eigenvalue weighted by Gasteiger charge is -2.19. The van der Waals surface area contributed by atoms with Gasteiger partial charge >= 0.3 is 19.8 Å². The van der Waals surface area contributed by atoms with Gasteiger partial charge in [-0.25, -0.2) is 4.57 Å². The second-order valence-electron chi connectivity index (χ2n) is 14.9. The molecule has 0 amide bonds. The van der Waals surface area contributed by atoms with E-state index in [2.05, 4.69) is 74.6 Å². The first-order valence-corrected chi connectivity index (χ1v) is 24.3. The molecule has 2 atom stereocenters. The standard InChI is InChI=1S/C47H84NO8P/c1-3-5-7-9-11-13-15-17-19-21-22-24-25-27-29-31-33-35-37-39-46(49)53-43-45(44-55-57(51,52)54-42-41-48)56-47(50)40-38-36-34-32-30-28-26-23-20-18-16-14-12-10-8-6-4-2/h6,8,12,14,17-20,26,28,45H,3-5,7,9-11,13,15-16,21-25,27,29-44,48H2,1-2H3,(H,51,52)/t45-/m1/s1. The number of hydrogen-bond acceptors (Lipinski definition) is 8. The molecule has 0 fully saturated rings. The fourth-order valence-electron chi connectivity index (χ4n) is 6.03. The number of phosphoric ester groups is 1. The molecule has 0 aliphatic rings. The summed E-state index contributed by atoms with van der Waals surface area (Å²) in [5.41, 5.74) is 5.35. The largest absolute Gasteiger partial charge is 0.472 e. The molecule has 0 heterocycles. The molecule has 10 heteroatoms. The quantitative estimate of drug-likeness (QED) is 0.0267. The highest BCUT2D eigenvalue weighted by molar-refractivity contribution is 7.47. The van der Waals surface area contributed by atoms with Crippen LogP contribution in [0.25, 0.3) is 0 Å². The highest BCUT2D eigenvalue weighted by Gasteiger charge is 2.26. The number of carbonyl (C=O) groups is 2. The van der Waals surface area contributed by atoms with Crippen LogP contribution in [0.3, 0.4) is 0 Å². The van der Waals surface area contributed by atoms with Gasteiger partial charge in [-0.3, -0.25) is 18.6 Å². The summed E-state index contributed by atoms with van der Waals surface area (Å²) >= 11 is 0. The smallest absolute Gasteiger partial charge is 0.462 e. The molecule has 1 unspecified atom stereocenters. The summed E-state index contributed by atoms with van der Waals surface area (Å²) in [6, 6.07) is 0. The van der Waals surface area contributed by atoms with E-state index >= 15 is 0 Å². The van der Waals surface area contributed by atoms with Crippen LogP contribution in [-0.4, -0.2) is 49.3 Å². The molecule has 0 spiro atoms. The summed E-state index contributed by atoms with van der Waals surface area (Å²) < 4.78 is 32.8. The molecule has 0 aromatic carbocycles. The Morgan fingerprint density at radius 1 is 0.544 bits per heavy atom. The normalized spacial score (nSPS) is 13.8. The van der Waals surface area contributed by atoms with Gasteiger partial charge in [-0.15, -0.1) is 0 Å². The van der Waals surface area contributed by atoms with Gasteiger partial charge < -0.3 is 20.1 Å². The zero-order valence-corrected chi connectivity index (χ0v) is 37.2. The zero-order valence-electron chi connectivity index (χ0n) is 36.3. The zero-order chi connectivity index (χ0) is 41.8. The van der Waals surface area contributed by atoms with E-state index in [4.69, 9.17) is 24.3 Å². The van der Waals surface area contributed by atoms with Crippen molar-refractivity contribution >= 4 is 19.8 Å². The third kappa shape index (κ3) is 43.1.